The Labute approximate surface area is 385 Å². The van der Waals surface area contributed by atoms with E-state index in [1.54, 1.807) is 0 Å². The number of thiophene rings is 1. The van der Waals surface area contributed by atoms with Crippen LogP contribution in [-0.2, 0) is 5.41 Å². The van der Waals surface area contributed by atoms with E-state index < -0.39 is 0 Å². The largest absolute Gasteiger partial charge is 0.310 e. The third kappa shape index (κ3) is 6.86. The van der Waals surface area contributed by atoms with Crippen molar-refractivity contribution in [3.63, 3.8) is 0 Å². The minimum absolute atomic E-state index is 0.211. The number of hydrogen-bond donors (Lipinski definition) is 0. The van der Waals surface area contributed by atoms with Crippen LogP contribution in [0.3, 0.4) is 0 Å². The Balaban J connectivity index is 0.930. The molecule has 0 atom stereocenters. The molecule has 12 rings (SSSR count). The molecule has 308 valence electrons. The summed E-state index contributed by atoms with van der Waals surface area (Å²) in [6.07, 6.45) is 0. The monoisotopic (exact) mass is 847 g/mol. The third-order valence-electron chi connectivity index (χ3n) is 13.5. The van der Waals surface area contributed by atoms with Gasteiger partial charge in [0.25, 0.3) is 0 Å². The molecule has 1 aliphatic carbocycles. The standard InChI is InChI=1S/C63H45NS/c1-63(2)59-40-50(54-23-13-24-58-57-22-9-10-25-61(57)65-62(54)58)30-36-55(59)56-37-35-53(41-60(56)63)64(51-31-26-44(27-32-51)48-20-11-18-46(38-48)42-14-5-3-6-15-42)52-33-28-45(29-34-52)49-21-12-19-47(39-49)43-16-7-4-8-17-43/h3-41H,1-2H3. The molecule has 0 saturated heterocycles. The van der Waals surface area contributed by atoms with E-state index in [0.717, 1.165) is 17.1 Å². The van der Waals surface area contributed by atoms with Crippen LogP contribution in [0.5, 0.6) is 0 Å². The first-order valence-electron chi connectivity index (χ1n) is 22.5. The van der Waals surface area contributed by atoms with Crippen molar-refractivity contribution in [2.45, 2.75) is 19.3 Å². The fourth-order valence-corrected chi connectivity index (χ4v) is 11.3. The van der Waals surface area contributed by atoms with Gasteiger partial charge in [-0.15, -0.1) is 11.3 Å². The Morgan fingerprint density at radius 2 is 0.738 bits per heavy atom. The molecule has 0 radical (unpaired) electrons. The van der Waals surface area contributed by atoms with Crippen LogP contribution < -0.4 is 4.90 Å². The lowest BCUT2D eigenvalue weighted by atomic mass is 9.81. The highest BCUT2D eigenvalue weighted by atomic mass is 32.1. The van der Waals surface area contributed by atoms with Crippen molar-refractivity contribution in [2.75, 3.05) is 4.90 Å². The van der Waals surface area contributed by atoms with Crippen molar-refractivity contribution in [1.29, 1.82) is 0 Å². The number of hydrogen-bond acceptors (Lipinski definition) is 2. The average Bonchev–Trinajstić information content (AvgIpc) is 3.86. The van der Waals surface area contributed by atoms with Crippen molar-refractivity contribution >= 4 is 48.6 Å². The lowest BCUT2D eigenvalue weighted by Crippen LogP contribution is -2.16. The average molecular weight is 848 g/mol. The number of anilines is 3. The molecule has 0 amide bonds. The summed E-state index contributed by atoms with van der Waals surface area (Å²) in [6.45, 7) is 4.79. The Morgan fingerprint density at radius 3 is 1.32 bits per heavy atom. The number of nitrogens with zero attached hydrogens (tertiary/aromatic N) is 1. The Bertz CT molecular complexity index is 3420. The van der Waals surface area contributed by atoms with Gasteiger partial charge in [-0.25, -0.2) is 0 Å². The van der Waals surface area contributed by atoms with E-state index in [-0.39, 0.29) is 5.41 Å². The first-order chi connectivity index (χ1) is 32.0. The van der Waals surface area contributed by atoms with Crippen LogP contribution in [-0.4, -0.2) is 0 Å². The van der Waals surface area contributed by atoms with Gasteiger partial charge in [0, 0.05) is 42.6 Å². The molecule has 11 aromatic rings. The molecule has 0 N–H and O–H groups in total. The van der Waals surface area contributed by atoms with Crippen molar-refractivity contribution in [1.82, 2.24) is 0 Å². The predicted octanol–water partition coefficient (Wildman–Crippen LogP) is 18.2. The maximum atomic E-state index is 2.46. The summed E-state index contributed by atoms with van der Waals surface area (Å²) in [5.41, 5.74) is 20.7. The molecule has 0 fully saturated rings. The van der Waals surface area contributed by atoms with Gasteiger partial charge in [-0.05, 0) is 139 Å². The molecule has 1 nitrogen and oxygen atoms in total. The van der Waals surface area contributed by atoms with Gasteiger partial charge < -0.3 is 4.90 Å². The molecular formula is C63H45NS. The topological polar surface area (TPSA) is 3.24 Å². The third-order valence-corrected chi connectivity index (χ3v) is 14.7. The second kappa shape index (κ2) is 15.8. The fraction of sp³-hybridized carbons (Fsp3) is 0.0476. The van der Waals surface area contributed by atoms with E-state index in [4.69, 9.17) is 0 Å². The van der Waals surface area contributed by atoms with Gasteiger partial charge in [0.1, 0.15) is 0 Å². The van der Waals surface area contributed by atoms with Crippen molar-refractivity contribution in [3.05, 3.63) is 248 Å². The first kappa shape index (κ1) is 38.9. The maximum Gasteiger partial charge on any atom is 0.0465 e. The van der Waals surface area contributed by atoms with Gasteiger partial charge in [-0.1, -0.05) is 190 Å². The molecule has 2 heteroatoms. The summed E-state index contributed by atoms with van der Waals surface area (Å²) >= 11 is 1.90. The highest BCUT2D eigenvalue weighted by Crippen LogP contribution is 2.52. The molecule has 0 aliphatic heterocycles. The van der Waals surface area contributed by atoms with Crippen molar-refractivity contribution in [3.8, 4) is 66.8 Å². The number of benzene rings is 10. The van der Waals surface area contributed by atoms with Crippen molar-refractivity contribution < 1.29 is 0 Å². The second-order valence-corrected chi connectivity index (χ2v) is 18.8. The molecule has 1 aromatic heterocycles. The van der Waals surface area contributed by atoms with Crippen LogP contribution in [0.15, 0.2) is 237 Å². The SMILES string of the molecule is CC1(C)c2cc(-c3cccc4c3sc3ccccc34)ccc2-c2ccc(N(c3ccc(-c4cccc(-c5ccccc5)c4)cc3)c3ccc(-c4cccc(-c5ccccc5)c4)cc3)cc21. The maximum absolute atomic E-state index is 2.46. The Hall–Kier alpha value is -7.78. The van der Waals surface area contributed by atoms with Crippen LogP contribution in [0.4, 0.5) is 17.1 Å². The molecule has 0 saturated carbocycles. The smallest absolute Gasteiger partial charge is 0.0465 e. The van der Waals surface area contributed by atoms with Crippen molar-refractivity contribution in [2.24, 2.45) is 0 Å². The van der Waals surface area contributed by atoms with Crippen LogP contribution >= 0.6 is 11.3 Å². The minimum atomic E-state index is -0.211. The molecule has 10 aromatic carbocycles. The van der Waals surface area contributed by atoms with Crippen LogP contribution in [0.1, 0.15) is 25.0 Å². The quantitative estimate of drug-likeness (QED) is 0.147. The van der Waals surface area contributed by atoms with E-state index in [0.29, 0.717) is 0 Å². The van der Waals surface area contributed by atoms with Gasteiger partial charge in [-0.3, -0.25) is 0 Å². The number of fused-ring (bicyclic) bond motifs is 6. The summed E-state index contributed by atoms with van der Waals surface area (Å²) in [5.74, 6) is 0. The zero-order valence-electron chi connectivity index (χ0n) is 36.4. The van der Waals surface area contributed by atoms with Crippen LogP contribution in [0.2, 0.25) is 0 Å². The second-order valence-electron chi connectivity index (χ2n) is 17.7. The highest BCUT2D eigenvalue weighted by Gasteiger charge is 2.36. The molecule has 1 heterocycles. The molecule has 0 unspecified atom stereocenters. The van der Waals surface area contributed by atoms with Crippen LogP contribution in [0, 0.1) is 0 Å². The highest BCUT2D eigenvalue weighted by molar-refractivity contribution is 7.26. The molecule has 1 aliphatic rings. The van der Waals surface area contributed by atoms with Gasteiger partial charge >= 0.3 is 0 Å². The van der Waals surface area contributed by atoms with Gasteiger partial charge in [-0.2, -0.15) is 0 Å². The lowest BCUT2D eigenvalue weighted by Gasteiger charge is -2.28. The molecule has 0 spiro atoms. The zero-order chi connectivity index (χ0) is 43.5. The zero-order valence-corrected chi connectivity index (χ0v) is 37.2. The number of rotatable bonds is 8. The lowest BCUT2D eigenvalue weighted by molar-refractivity contribution is 0.660. The van der Waals surface area contributed by atoms with Gasteiger partial charge in [0.2, 0.25) is 0 Å². The first-order valence-corrected chi connectivity index (χ1v) is 23.3. The van der Waals surface area contributed by atoms with E-state index >= 15 is 0 Å². The van der Waals surface area contributed by atoms with Gasteiger partial charge in [0.05, 0.1) is 0 Å². The summed E-state index contributed by atoms with van der Waals surface area (Å²) in [5, 5.41) is 2.66. The summed E-state index contributed by atoms with van der Waals surface area (Å²) in [6, 6.07) is 86.9. The molecular weight excluding hydrogens is 803 g/mol. The molecule has 65 heavy (non-hydrogen) atoms. The summed E-state index contributed by atoms with van der Waals surface area (Å²) in [7, 11) is 0. The fourth-order valence-electron chi connectivity index (χ4n) is 10.1. The van der Waals surface area contributed by atoms with Gasteiger partial charge in [0.15, 0.2) is 0 Å². The summed E-state index contributed by atoms with van der Waals surface area (Å²) in [4.78, 5) is 2.42. The van der Waals surface area contributed by atoms with E-state index in [2.05, 4.69) is 255 Å². The normalized spacial score (nSPS) is 12.6. The van der Waals surface area contributed by atoms with Crippen LogP contribution in [0.25, 0.3) is 86.9 Å². The Morgan fingerprint density at radius 1 is 0.308 bits per heavy atom. The minimum Gasteiger partial charge on any atom is -0.310 e. The van der Waals surface area contributed by atoms with E-state index in [1.807, 2.05) is 11.3 Å². The predicted molar refractivity (Wildman–Crippen MR) is 279 cm³/mol. The molecule has 0 bridgehead atoms. The Kier molecular flexibility index (Phi) is 9.44. The summed E-state index contributed by atoms with van der Waals surface area (Å²) < 4.78 is 2.68. The van der Waals surface area contributed by atoms with E-state index in [1.165, 1.54) is 98.1 Å². The van der Waals surface area contributed by atoms with E-state index in [9.17, 15) is 0 Å².